The Morgan fingerprint density at radius 2 is 1.96 bits per heavy atom. The second kappa shape index (κ2) is 7.17. The SMILES string of the molecule is C=CC=C(C)c1cc(Oc2cnc(N)nc2N)c(C(C)C)cc1C. The summed E-state index contributed by atoms with van der Waals surface area (Å²) in [5.41, 5.74) is 15.9. The van der Waals surface area contributed by atoms with Gasteiger partial charge in [0.25, 0.3) is 0 Å². The average Bonchev–Trinajstić information content (AvgIpc) is 2.51. The molecule has 0 spiro atoms. The molecule has 24 heavy (non-hydrogen) atoms. The minimum atomic E-state index is 0.123. The van der Waals surface area contributed by atoms with Gasteiger partial charge in [0.15, 0.2) is 11.6 Å². The summed E-state index contributed by atoms with van der Waals surface area (Å²) in [7, 11) is 0. The third-order valence-corrected chi connectivity index (χ3v) is 3.79. The molecule has 0 fully saturated rings. The molecule has 0 amide bonds. The lowest BCUT2D eigenvalue weighted by Crippen LogP contribution is -2.03. The molecule has 0 saturated carbocycles. The minimum Gasteiger partial charge on any atom is -0.452 e. The maximum absolute atomic E-state index is 6.02. The zero-order chi connectivity index (χ0) is 17.9. The second-order valence-corrected chi connectivity index (χ2v) is 6.02. The number of allylic oxidation sites excluding steroid dienone is 3. The van der Waals surface area contributed by atoms with Gasteiger partial charge < -0.3 is 16.2 Å². The Labute approximate surface area is 143 Å². The summed E-state index contributed by atoms with van der Waals surface area (Å²) < 4.78 is 6.02. The first kappa shape index (κ1) is 17.5. The Balaban J connectivity index is 2.55. The van der Waals surface area contributed by atoms with Crippen molar-refractivity contribution in [3.05, 3.63) is 53.8 Å². The molecule has 2 rings (SSSR count). The van der Waals surface area contributed by atoms with E-state index in [0.717, 1.165) is 22.4 Å². The van der Waals surface area contributed by atoms with Crippen LogP contribution in [0, 0.1) is 6.92 Å². The molecule has 5 heteroatoms. The predicted octanol–water partition coefficient (Wildman–Crippen LogP) is 4.45. The number of ether oxygens (including phenoxy) is 1. The molecule has 0 bridgehead atoms. The van der Waals surface area contributed by atoms with Crippen LogP contribution < -0.4 is 16.2 Å². The van der Waals surface area contributed by atoms with Gasteiger partial charge in [0, 0.05) is 0 Å². The highest BCUT2D eigenvalue weighted by atomic mass is 16.5. The van der Waals surface area contributed by atoms with Crippen LogP contribution in [0.25, 0.3) is 5.57 Å². The van der Waals surface area contributed by atoms with E-state index in [1.54, 1.807) is 6.08 Å². The van der Waals surface area contributed by atoms with Crippen molar-refractivity contribution in [2.24, 2.45) is 0 Å². The standard InChI is InChI=1S/C19H24N4O/c1-6-7-12(4)15-9-16(14(11(2)3)8-13(15)5)24-17-10-22-19(21)23-18(17)20/h6-11H,1H2,2-5H3,(H4,20,21,22,23). The highest BCUT2D eigenvalue weighted by Crippen LogP contribution is 2.36. The van der Waals surface area contributed by atoms with Crippen molar-refractivity contribution < 1.29 is 4.74 Å². The number of hydrogen-bond acceptors (Lipinski definition) is 5. The lowest BCUT2D eigenvalue weighted by molar-refractivity contribution is 0.471. The fraction of sp³-hybridized carbons (Fsp3) is 0.263. The van der Waals surface area contributed by atoms with E-state index >= 15 is 0 Å². The number of hydrogen-bond donors (Lipinski definition) is 2. The Kier molecular flexibility index (Phi) is 5.24. The van der Waals surface area contributed by atoms with Gasteiger partial charge in [-0.25, -0.2) is 4.98 Å². The number of aryl methyl sites for hydroxylation is 1. The van der Waals surface area contributed by atoms with E-state index in [4.69, 9.17) is 16.2 Å². The highest BCUT2D eigenvalue weighted by Gasteiger charge is 2.15. The summed E-state index contributed by atoms with van der Waals surface area (Å²) in [5.74, 6) is 1.78. The molecule has 0 saturated heterocycles. The maximum atomic E-state index is 6.02. The first-order valence-corrected chi connectivity index (χ1v) is 7.83. The molecular formula is C19H24N4O. The fourth-order valence-corrected chi connectivity index (χ4v) is 2.54. The topological polar surface area (TPSA) is 87.0 Å². The first-order valence-electron chi connectivity index (χ1n) is 7.83. The van der Waals surface area contributed by atoms with E-state index in [2.05, 4.69) is 43.4 Å². The van der Waals surface area contributed by atoms with Crippen LogP contribution in [0.4, 0.5) is 11.8 Å². The molecule has 126 valence electrons. The Morgan fingerprint density at radius 1 is 1.25 bits per heavy atom. The fourth-order valence-electron chi connectivity index (χ4n) is 2.54. The quantitative estimate of drug-likeness (QED) is 0.793. The van der Waals surface area contributed by atoms with Crippen molar-refractivity contribution in [2.45, 2.75) is 33.6 Å². The number of aromatic nitrogens is 2. The van der Waals surface area contributed by atoms with Gasteiger partial charge in [-0.1, -0.05) is 38.6 Å². The number of nitrogens with two attached hydrogens (primary N) is 2. The summed E-state index contributed by atoms with van der Waals surface area (Å²) in [6, 6.07) is 4.17. The van der Waals surface area contributed by atoms with Gasteiger partial charge in [-0.2, -0.15) is 4.98 Å². The van der Waals surface area contributed by atoms with Crippen LogP contribution in [0.15, 0.2) is 37.1 Å². The van der Waals surface area contributed by atoms with Crippen LogP contribution in [0.1, 0.15) is 43.4 Å². The van der Waals surface area contributed by atoms with Gasteiger partial charge in [-0.05, 0) is 48.1 Å². The van der Waals surface area contributed by atoms with Crippen LogP contribution >= 0.6 is 0 Å². The van der Waals surface area contributed by atoms with Crippen molar-refractivity contribution in [1.29, 1.82) is 0 Å². The van der Waals surface area contributed by atoms with Gasteiger partial charge in [-0.3, -0.25) is 0 Å². The van der Waals surface area contributed by atoms with Gasteiger partial charge >= 0.3 is 0 Å². The summed E-state index contributed by atoms with van der Waals surface area (Å²) in [4.78, 5) is 7.90. The molecule has 1 heterocycles. The normalized spacial score (nSPS) is 11.6. The van der Waals surface area contributed by atoms with Crippen LogP contribution in [0.3, 0.4) is 0 Å². The van der Waals surface area contributed by atoms with Crippen molar-refractivity contribution in [3.63, 3.8) is 0 Å². The number of benzene rings is 1. The molecule has 0 aliphatic carbocycles. The third kappa shape index (κ3) is 3.74. The molecule has 0 atom stereocenters. The lowest BCUT2D eigenvalue weighted by atomic mass is 9.93. The number of anilines is 2. The van der Waals surface area contributed by atoms with Crippen LogP contribution in [0.5, 0.6) is 11.5 Å². The summed E-state index contributed by atoms with van der Waals surface area (Å²) in [5, 5.41) is 0. The molecule has 4 N–H and O–H groups in total. The Hall–Kier alpha value is -2.82. The van der Waals surface area contributed by atoms with E-state index in [0.29, 0.717) is 11.7 Å². The van der Waals surface area contributed by atoms with E-state index in [1.165, 1.54) is 11.8 Å². The molecule has 0 aliphatic rings. The minimum absolute atomic E-state index is 0.123. The first-order chi connectivity index (χ1) is 11.3. The highest BCUT2D eigenvalue weighted by molar-refractivity contribution is 5.70. The van der Waals surface area contributed by atoms with E-state index in [9.17, 15) is 0 Å². The van der Waals surface area contributed by atoms with Gasteiger partial charge in [-0.15, -0.1) is 0 Å². The monoisotopic (exact) mass is 324 g/mol. The summed E-state index contributed by atoms with van der Waals surface area (Å²) in [6.45, 7) is 12.1. The molecule has 0 radical (unpaired) electrons. The van der Waals surface area contributed by atoms with Gasteiger partial charge in [0.05, 0.1) is 6.20 Å². The van der Waals surface area contributed by atoms with Crippen LogP contribution in [0.2, 0.25) is 0 Å². The van der Waals surface area contributed by atoms with Crippen LogP contribution in [-0.2, 0) is 0 Å². The molecular weight excluding hydrogens is 300 g/mol. The zero-order valence-electron chi connectivity index (χ0n) is 14.6. The Morgan fingerprint density at radius 3 is 2.54 bits per heavy atom. The van der Waals surface area contributed by atoms with Crippen molar-refractivity contribution >= 4 is 17.3 Å². The lowest BCUT2D eigenvalue weighted by Gasteiger charge is -2.18. The second-order valence-electron chi connectivity index (χ2n) is 6.02. The molecule has 1 aromatic carbocycles. The predicted molar refractivity (Wildman–Crippen MR) is 100 cm³/mol. The van der Waals surface area contributed by atoms with Gasteiger partial charge in [0.1, 0.15) is 5.75 Å². The molecule has 1 aromatic heterocycles. The number of nitrogen functional groups attached to an aromatic ring is 2. The average molecular weight is 324 g/mol. The van der Waals surface area contributed by atoms with E-state index in [1.807, 2.05) is 19.1 Å². The largest absolute Gasteiger partial charge is 0.452 e. The molecule has 0 aliphatic heterocycles. The van der Waals surface area contributed by atoms with E-state index in [-0.39, 0.29) is 11.8 Å². The summed E-state index contributed by atoms with van der Waals surface area (Å²) >= 11 is 0. The van der Waals surface area contributed by atoms with Crippen molar-refractivity contribution in [3.8, 4) is 11.5 Å². The van der Waals surface area contributed by atoms with Crippen molar-refractivity contribution in [1.82, 2.24) is 9.97 Å². The maximum Gasteiger partial charge on any atom is 0.222 e. The van der Waals surface area contributed by atoms with Crippen LogP contribution in [-0.4, -0.2) is 9.97 Å². The van der Waals surface area contributed by atoms with Crippen molar-refractivity contribution in [2.75, 3.05) is 11.5 Å². The number of rotatable bonds is 5. The molecule has 0 unspecified atom stereocenters. The van der Waals surface area contributed by atoms with E-state index < -0.39 is 0 Å². The Bertz CT molecular complexity index is 794. The molecule has 2 aromatic rings. The van der Waals surface area contributed by atoms with Gasteiger partial charge in [0.2, 0.25) is 5.95 Å². The smallest absolute Gasteiger partial charge is 0.222 e. The molecule has 5 nitrogen and oxygen atoms in total. The number of nitrogens with zero attached hydrogens (tertiary/aromatic N) is 2. The zero-order valence-corrected chi connectivity index (χ0v) is 14.6. The summed E-state index contributed by atoms with van der Waals surface area (Å²) in [6.07, 6.45) is 5.24. The third-order valence-electron chi connectivity index (χ3n) is 3.79.